The number of nitrogens with zero attached hydrogens (tertiary/aromatic N) is 2. The van der Waals surface area contributed by atoms with Gasteiger partial charge in [0, 0.05) is 38.3 Å². The summed E-state index contributed by atoms with van der Waals surface area (Å²) in [5.74, 6) is 0. The van der Waals surface area contributed by atoms with Crippen LogP contribution in [0.15, 0.2) is 30.3 Å². The second kappa shape index (κ2) is 9.64. The molecule has 1 aliphatic heterocycles. The quantitative estimate of drug-likeness (QED) is 0.870. The second-order valence-corrected chi connectivity index (χ2v) is 6.71. The molecule has 0 spiro atoms. The summed E-state index contributed by atoms with van der Waals surface area (Å²) < 4.78 is 5.45. The predicted octanol–water partition coefficient (Wildman–Crippen LogP) is 2.72. The Hall–Kier alpha value is -1.59. The fourth-order valence-electron chi connectivity index (χ4n) is 2.93. The molecule has 5 nitrogen and oxygen atoms in total. The van der Waals surface area contributed by atoms with Gasteiger partial charge in [0.05, 0.1) is 6.61 Å². The van der Waals surface area contributed by atoms with Crippen molar-refractivity contribution in [2.75, 3.05) is 33.4 Å². The highest BCUT2D eigenvalue weighted by molar-refractivity contribution is 5.74. The molecule has 1 N–H and O–H groups in total. The van der Waals surface area contributed by atoms with Gasteiger partial charge in [-0.2, -0.15) is 0 Å². The van der Waals surface area contributed by atoms with E-state index in [2.05, 4.69) is 55.4 Å². The van der Waals surface area contributed by atoms with Crippen molar-refractivity contribution in [3.8, 4) is 0 Å². The van der Waals surface area contributed by atoms with Crippen LogP contribution in [0.1, 0.15) is 32.3 Å². The minimum atomic E-state index is 0.0333. The summed E-state index contributed by atoms with van der Waals surface area (Å²) in [4.78, 5) is 16.6. The second-order valence-electron chi connectivity index (χ2n) is 6.71. The zero-order chi connectivity index (χ0) is 17.4. The van der Waals surface area contributed by atoms with Gasteiger partial charge in [0.15, 0.2) is 0 Å². The first-order valence-electron chi connectivity index (χ1n) is 8.94. The van der Waals surface area contributed by atoms with Gasteiger partial charge in [0.2, 0.25) is 0 Å². The van der Waals surface area contributed by atoms with Crippen LogP contribution in [0.3, 0.4) is 0 Å². The minimum Gasteiger partial charge on any atom is -0.380 e. The van der Waals surface area contributed by atoms with E-state index in [0.717, 1.165) is 26.0 Å². The average Bonchev–Trinajstić information content (AvgIpc) is 2.80. The first-order valence-corrected chi connectivity index (χ1v) is 8.94. The van der Waals surface area contributed by atoms with Crippen LogP contribution in [0.4, 0.5) is 4.79 Å². The summed E-state index contributed by atoms with van der Waals surface area (Å²) in [6.45, 7) is 7.97. The Morgan fingerprint density at radius 2 is 2.12 bits per heavy atom. The lowest BCUT2D eigenvalue weighted by Crippen LogP contribution is -2.46. The topological polar surface area (TPSA) is 44.8 Å². The molecule has 134 valence electrons. The smallest absolute Gasteiger partial charge is 0.317 e. The van der Waals surface area contributed by atoms with Crippen LogP contribution in [0.2, 0.25) is 0 Å². The Kier molecular flexibility index (Phi) is 7.53. The SMILES string of the molecule is CC(CCNC(=O)N1CCOCCC1C)N(C)Cc1ccccc1. The van der Waals surface area contributed by atoms with Gasteiger partial charge < -0.3 is 15.0 Å². The fraction of sp³-hybridized carbons (Fsp3) is 0.632. The van der Waals surface area contributed by atoms with Crippen LogP contribution in [-0.2, 0) is 11.3 Å². The van der Waals surface area contributed by atoms with Gasteiger partial charge in [-0.1, -0.05) is 30.3 Å². The molecule has 0 aliphatic carbocycles. The lowest BCUT2D eigenvalue weighted by molar-refractivity contribution is 0.141. The molecule has 1 fully saturated rings. The van der Waals surface area contributed by atoms with Crippen LogP contribution < -0.4 is 5.32 Å². The molecule has 0 saturated carbocycles. The van der Waals surface area contributed by atoms with Crippen molar-refractivity contribution in [1.82, 2.24) is 15.1 Å². The van der Waals surface area contributed by atoms with Crippen LogP contribution in [-0.4, -0.2) is 61.3 Å². The standard InChI is InChI=1S/C19H31N3O2/c1-16(21(3)15-18-7-5-4-6-8-18)9-11-20-19(23)22-12-14-24-13-10-17(22)2/h4-8,16-17H,9-15H2,1-3H3,(H,20,23). The van der Waals surface area contributed by atoms with E-state index in [1.807, 2.05) is 11.0 Å². The number of carbonyl (C=O) groups excluding carboxylic acids is 1. The molecule has 2 rings (SSSR count). The van der Waals surface area contributed by atoms with E-state index in [-0.39, 0.29) is 12.1 Å². The monoisotopic (exact) mass is 333 g/mol. The molecule has 1 saturated heterocycles. The summed E-state index contributed by atoms with van der Waals surface area (Å²) in [6.07, 6.45) is 1.84. The summed E-state index contributed by atoms with van der Waals surface area (Å²) in [7, 11) is 2.13. The van der Waals surface area contributed by atoms with E-state index in [0.29, 0.717) is 25.7 Å². The van der Waals surface area contributed by atoms with E-state index >= 15 is 0 Å². The van der Waals surface area contributed by atoms with Crippen molar-refractivity contribution in [1.29, 1.82) is 0 Å². The molecule has 0 radical (unpaired) electrons. The molecule has 0 aromatic heterocycles. The predicted molar refractivity (Wildman–Crippen MR) is 97.0 cm³/mol. The molecular weight excluding hydrogens is 302 g/mol. The van der Waals surface area contributed by atoms with Crippen molar-refractivity contribution in [3.05, 3.63) is 35.9 Å². The van der Waals surface area contributed by atoms with Crippen molar-refractivity contribution >= 4 is 6.03 Å². The number of hydrogen-bond acceptors (Lipinski definition) is 3. The highest BCUT2D eigenvalue weighted by Crippen LogP contribution is 2.10. The Bertz CT molecular complexity index is 495. The number of benzene rings is 1. The summed E-state index contributed by atoms with van der Waals surface area (Å²) in [5, 5.41) is 3.06. The Morgan fingerprint density at radius 1 is 1.38 bits per heavy atom. The molecule has 0 bridgehead atoms. The third kappa shape index (κ3) is 5.80. The number of urea groups is 1. The molecule has 1 aromatic carbocycles. The van der Waals surface area contributed by atoms with Crippen molar-refractivity contribution < 1.29 is 9.53 Å². The Morgan fingerprint density at radius 3 is 2.88 bits per heavy atom. The average molecular weight is 333 g/mol. The zero-order valence-electron chi connectivity index (χ0n) is 15.2. The summed E-state index contributed by atoms with van der Waals surface area (Å²) in [5.41, 5.74) is 1.31. The van der Waals surface area contributed by atoms with Gasteiger partial charge in [-0.15, -0.1) is 0 Å². The number of amides is 2. The van der Waals surface area contributed by atoms with Crippen LogP contribution in [0.5, 0.6) is 0 Å². The molecular formula is C19H31N3O2. The fourth-order valence-corrected chi connectivity index (χ4v) is 2.93. The van der Waals surface area contributed by atoms with E-state index in [9.17, 15) is 4.79 Å². The van der Waals surface area contributed by atoms with Gasteiger partial charge in [-0.25, -0.2) is 4.79 Å². The van der Waals surface area contributed by atoms with Crippen LogP contribution in [0.25, 0.3) is 0 Å². The van der Waals surface area contributed by atoms with Gasteiger partial charge in [0.1, 0.15) is 0 Å². The number of hydrogen-bond donors (Lipinski definition) is 1. The summed E-state index contributed by atoms with van der Waals surface area (Å²) >= 11 is 0. The normalized spacial score (nSPS) is 19.8. The minimum absolute atomic E-state index is 0.0333. The van der Waals surface area contributed by atoms with E-state index in [1.54, 1.807) is 0 Å². The molecule has 1 heterocycles. The maximum Gasteiger partial charge on any atom is 0.317 e. The molecule has 24 heavy (non-hydrogen) atoms. The lowest BCUT2D eigenvalue weighted by Gasteiger charge is -2.28. The Balaban J connectivity index is 1.71. The van der Waals surface area contributed by atoms with Gasteiger partial charge in [-0.05, 0) is 39.3 Å². The largest absolute Gasteiger partial charge is 0.380 e. The maximum absolute atomic E-state index is 12.3. The maximum atomic E-state index is 12.3. The lowest BCUT2D eigenvalue weighted by atomic mass is 10.1. The highest BCUT2D eigenvalue weighted by atomic mass is 16.5. The first-order chi connectivity index (χ1) is 11.6. The van der Waals surface area contributed by atoms with E-state index in [4.69, 9.17) is 4.74 Å². The van der Waals surface area contributed by atoms with Crippen LogP contribution in [0, 0.1) is 0 Å². The molecule has 2 unspecified atom stereocenters. The van der Waals surface area contributed by atoms with Crippen LogP contribution >= 0.6 is 0 Å². The van der Waals surface area contributed by atoms with Crippen molar-refractivity contribution in [2.45, 2.75) is 45.3 Å². The van der Waals surface area contributed by atoms with Gasteiger partial charge in [-0.3, -0.25) is 4.90 Å². The van der Waals surface area contributed by atoms with E-state index in [1.165, 1.54) is 5.56 Å². The highest BCUT2D eigenvalue weighted by Gasteiger charge is 2.22. The van der Waals surface area contributed by atoms with Gasteiger partial charge in [0.25, 0.3) is 0 Å². The molecule has 2 atom stereocenters. The summed E-state index contributed by atoms with van der Waals surface area (Å²) in [6, 6.07) is 11.2. The van der Waals surface area contributed by atoms with E-state index < -0.39 is 0 Å². The van der Waals surface area contributed by atoms with Crippen molar-refractivity contribution in [3.63, 3.8) is 0 Å². The molecule has 1 aliphatic rings. The number of rotatable bonds is 6. The Labute approximate surface area is 146 Å². The molecule has 5 heteroatoms. The molecule has 1 aromatic rings. The number of ether oxygens (including phenoxy) is 1. The number of nitrogens with one attached hydrogen (secondary N) is 1. The number of carbonyl (C=O) groups is 1. The third-order valence-electron chi connectivity index (χ3n) is 4.81. The third-order valence-corrected chi connectivity index (χ3v) is 4.81. The first kappa shape index (κ1) is 18.7. The van der Waals surface area contributed by atoms with Crippen molar-refractivity contribution in [2.24, 2.45) is 0 Å². The zero-order valence-corrected chi connectivity index (χ0v) is 15.2. The molecule has 2 amide bonds. The van der Waals surface area contributed by atoms with Gasteiger partial charge >= 0.3 is 6.03 Å².